The first-order valence-corrected chi connectivity index (χ1v) is 15.5. The normalized spacial score (nSPS) is 12.5. The first kappa shape index (κ1) is 31.3. The highest BCUT2D eigenvalue weighted by Crippen LogP contribution is 2.37. The fourth-order valence-corrected chi connectivity index (χ4v) is 5.79. The van der Waals surface area contributed by atoms with Gasteiger partial charge in [0.05, 0.1) is 10.6 Å². The summed E-state index contributed by atoms with van der Waals surface area (Å²) in [5, 5.41) is 11.5. The van der Waals surface area contributed by atoms with Crippen molar-refractivity contribution in [2.24, 2.45) is 16.0 Å². The number of hydrogen-bond donors (Lipinski definition) is 6. The molecular formula is C23H17F2N5O10S3. The van der Waals surface area contributed by atoms with E-state index in [-0.39, 0.29) is 22.7 Å². The molecule has 0 bridgehead atoms. The maximum absolute atomic E-state index is 13.6. The SMILES string of the molecule is NC(=O)Nc1cc(Nc2cc(F)cc(F)c2)ccc1/N=N/c1cc2c(S(=O)(=O)O)cc(S(=O)(=O)O)cc2cc1S(=O)(=O)O. The number of nitrogens with two attached hydrogens (primary N) is 1. The van der Waals surface area contributed by atoms with Crippen molar-refractivity contribution in [3.8, 4) is 0 Å². The van der Waals surface area contributed by atoms with Gasteiger partial charge in [0.1, 0.15) is 32.8 Å². The van der Waals surface area contributed by atoms with E-state index in [1.54, 1.807) is 0 Å². The standard InChI is InChI=1S/C23H17F2N5O10S3/c24-12-5-13(25)7-15(6-12)27-14-1-2-18(19(8-14)28-23(26)31)29-30-20-10-17-11(4-22(20)43(38,39)40)3-16(41(32,33)34)9-21(17)42(35,36)37/h1-10,27H,(H3,26,28,31)(H,32,33,34)(H,35,36,37)(H,38,39,40)/b30-29+. The smallest absolute Gasteiger partial charge is 0.316 e. The van der Waals surface area contributed by atoms with Crippen LogP contribution in [0.4, 0.5) is 42.0 Å². The Morgan fingerprint density at radius 1 is 0.698 bits per heavy atom. The lowest BCUT2D eigenvalue weighted by atomic mass is 10.1. The van der Waals surface area contributed by atoms with Crippen LogP contribution >= 0.6 is 0 Å². The van der Waals surface area contributed by atoms with Crippen molar-refractivity contribution in [3.63, 3.8) is 0 Å². The number of amides is 2. The number of nitrogens with zero attached hydrogens (tertiary/aromatic N) is 2. The maximum Gasteiger partial charge on any atom is 0.316 e. The summed E-state index contributed by atoms with van der Waals surface area (Å²) in [5.41, 5.74) is 4.32. The average Bonchev–Trinajstić information content (AvgIpc) is 2.84. The molecule has 0 aliphatic heterocycles. The molecule has 0 spiro atoms. The van der Waals surface area contributed by atoms with E-state index in [2.05, 4.69) is 20.9 Å². The Bertz CT molecular complexity index is 2160. The van der Waals surface area contributed by atoms with Gasteiger partial charge in [-0.25, -0.2) is 13.6 Å². The van der Waals surface area contributed by atoms with E-state index in [0.717, 1.165) is 18.2 Å². The fourth-order valence-electron chi connectivity index (χ4n) is 3.80. The Hall–Kier alpha value is -4.60. The molecule has 7 N–H and O–H groups in total. The highest BCUT2D eigenvalue weighted by molar-refractivity contribution is 7.87. The first-order valence-electron chi connectivity index (χ1n) is 11.2. The third-order valence-electron chi connectivity index (χ3n) is 5.49. The number of hydrogen-bond acceptors (Lipinski definition) is 10. The van der Waals surface area contributed by atoms with Crippen molar-refractivity contribution in [2.75, 3.05) is 10.6 Å². The number of anilines is 3. The van der Waals surface area contributed by atoms with Gasteiger partial charge >= 0.3 is 6.03 Å². The molecule has 0 fully saturated rings. The molecule has 0 unspecified atom stereocenters. The zero-order valence-electron chi connectivity index (χ0n) is 20.9. The number of carbonyl (C=O) groups excluding carboxylic acids is 1. The van der Waals surface area contributed by atoms with Gasteiger partial charge in [0.2, 0.25) is 0 Å². The molecule has 0 aromatic heterocycles. The minimum absolute atomic E-state index is 0.00217. The summed E-state index contributed by atoms with van der Waals surface area (Å²) < 4.78 is 127. The number of primary amides is 1. The molecule has 20 heteroatoms. The van der Waals surface area contributed by atoms with E-state index < -0.39 is 79.2 Å². The fraction of sp³-hybridized carbons (Fsp3) is 0. The summed E-state index contributed by atoms with van der Waals surface area (Å²) in [6, 6.07) is 7.73. The number of rotatable bonds is 8. The predicted octanol–water partition coefficient (Wildman–Crippen LogP) is 4.51. The molecular weight excluding hydrogens is 640 g/mol. The van der Waals surface area contributed by atoms with Crippen LogP contribution in [0.2, 0.25) is 0 Å². The lowest BCUT2D eigenvalue weighted by Crippen LogP contribution is -2.19. The zero-order chi connectivity index (χ0) is 31.9. The summed E-state index contributed by atoms with van der Waals surface area (Å²) in [4.78, 5) is 8.52. The van der Waals surface area contributed by atoms with Gasteiger partial charge in [-0.1, -0.05) is 0 Å². The van der Waals surface area contributed by atoms with Crippen LogP contribution in [-0.4, -0.2) is 44.9 Å². The lowest BCUT2D eigenvalue weighted by Gasteiger charge is -2.12. The van der Waals surface area contributed by atoms with Crippen molar-refractivity contribution in [3.05, 3.63) is 72.3 Å². The number of azo groups is 1. The Kier molecular flexibility index (Phi) is 8.19. The van der Waals surface area contributed by atoms with Crippen molar-refractivity contribution in [2.45, 2.75) is 14.7 Å². The van der Waals surface area contributed by atoms with Gasteiger partial charge in [0.15, 0.2) is 0 Å². The van der Waals surface area contributed by atoms with Crippen LogP contribution in [-0.2, 0) is 30.4 Å². The maximum atomic E-state index is 13.6. The molecule has 0 aliphatic rings. The number of halogens is 2. The predicted molar refractivity (Wildman–Crippen MR) is 147 cm³/mol. The molecule has 0 radical (unpaired) electrons. The highest BCUT2D eigenvalue weighted by atomic mass is 32.2. The van der Waals surface area contributed by atoms with Crippen molar-refractivity contribution >= 4 is 75.6 Å². The van der Waals surface area contributed by atoms with Crippen LogP contribution in [0, 0.1) is 11.6 Å². The van der Waals surface area contributed by atoms with Crippen molar-refractivity contribution < 1.29 is 52.5 Å². The molecule has 0 atom stereocenters. The Balaban J connectivity index is 1.88. The molecule has 2 amide bonds. The molecule has 0 saturated heterocycles. The Morgan fingerprint density at radius 2 is 1.30 bits per heavy atom. The second kappa shape index (κ2) is 11.2. The largest absolute Gasteiger partial charge is 0.355 e. The summed E-state index contributed by atoms with van der Waals surface area (Å²) in [5.74, 6) is -1.75. The van der Waals surface area contributed by atoms with Crippen LogP contribution in [0.15, 0.2) is 85.6 Å². The Morgan fingerprint density at radius 3 is 1.86 bits per heavy atom. The quantitative estimate of drug-likeness (QED) is 0.113. The van der Waals surface area contributed by atoms with E-state index in [0.29, 0.717) is 24.3 Å². The van der Waals surface area contributed by atoms with Gasteiger partial charge in [-0.3, -0.25) is 13.7 Å². The van der Waals surface area contributed by atoms with E-state index in [1.807, 2.05) is 0 Å². The molecule has 43 heavy (non-hydrogen) atoms. The molecule has 0 aliphatic carbocycles. The summed E-state index contributed by atoms with van der Waals surface area (Å²) in [6.07, 6.45) is 0. The molecule has 0 heterocycles. The molecule has 4 rings (SSSR count). The van der Waals surface area contributed by atoms with Gasteiger partial charge in [0, 0.05) is 22.8 Å². The summed E-state index contributed by atoms with van der Waals surface area (Å²) >= 11 is 0. The minimum atomic E-state index is -5.18. The van der Waals surface area contributed by atoms with Crippen LogP contribution < -0.4 is 16.4 Å². The Labute approximate surface area is 241 Å². The van der Waals surface area contributed by atoms with Crippen LogP contribution in [0.3, 0.4) is 0 Å². The third kappa shape index (κ3) is 7.43. The van der Waals surface area contributed by atoms with Gasteiger partial charge < -0.3 is 16.4 Å². The highest BCUT2D eigenvalue weighted by Gasteiger charge is 2.24. The van der Waals surface area contributed by atoms with E-state index in [1.165, 1.54) is 18.2 Å². The number of carbonyl (C=O) groups is 1. The second-order valence-electron chi connectivity index (χ2n) is 8.59. The van der Waals surface area contributed by atoms with Crippen LogP contribution in [0.1, 0.15) is 0 Å². The van der Waals surface area contributed by atoms with Crippen molar-refractivity contribution in [1.82, 2.24) is 0 Å². The topological polar surface area (TPSA) is 255 Å². The van der Waals surface area contributed by atoms with Gasteiger partial charge in [-0.05, 0) is 60.0 Å². The van der Waals surface area contributed by atoms with Crippen LogP contribution in [0.25, 0.3) is 10.8 Å². The van der Waals surface area contributed by atoms with E-state index in [4.69, 9.17) is 5.73 Å². The average molecular weight is 658 g/mol. The van der Waals surface area contributed by atoms with Gasteiger partial charge in [0.25, 0.3) is 30.4 Å². The van der Waals surface area contributed by atoms with Gasteiger partial charge in [-0.15, -0.1) is 10.2 Å². The summed E-state index contributed by atoms with van der Waals surface area (Å²) in [7, 11) is -15.4. The number of urea groups is 1. The number of fused-ring (bicyclic) bond motifs is 1. The monoisotopic (exact) mass is 657 g/mol. The second-order valence-corrected chi connectivity index (χ2v) is 12.8. The minimum Gasteiger partial charge on any atom is -0.355 e. The first-order chi connectivity index (χ1) is 19.8. The van der Waals surface area contributed by atoms with Gasteiger partial charge in [-0.2, -0.15) is 25.3 Å². The number of nitrogens with one attached hydrogen (secondary N) is 2. The molecule has 0 saturated carbocycles. The molecule has 226 valence electrons. The molecule has 4 aromatic carbocycles. The third-order valence-corrected chi connectivity index (χ3v) is 8.10. The zero-order valence-corrected chi connectivity index (χ0v) is 23.4. The molecule has 4 aromatic rings. The summed E-state index contributed by atoms with van der Waals surface area (Å²) in [6.45, 7) is 0. The van der Waals surface area contributed by atoms with E-state index >= 15 is 0 Å². The number of benzene rings is 4. The molecule has 15 nitrogen and oxygen atoms in total. The van der Waals surface area contributed by atoms with Crippen LogP contribution in [0.5, 0.6) is 0 Å². The van der Waals surface area contributed by atoms with Crippen molar-refractivity contribution in [1.29, 1.82) is 0 Å². The van der Waals surface area contributed by atoms with E-state index in [9.17, 15) is 52.5 Å². The lowest BCUT2D eigenvalue weighted by molar-refractivity contribution is 0.259.